The van der Waals surface area contributed by atoms with E-state index in [1.807, 2.05) is 12.1 Å². The van der Waals surface area contributed by atoms with Crippen molar-refractivity contribution in [3.8, 4) is 5.75 Å². The average molecular weight is 334 g/mol. The van der Waals surface area contributed by atoms with E-state index in [0.29, 0.717) is 0 Å². The van der Waals surface area contributed by atoms with Crippen LogP contribution in [0.4, 0.5) is 5.69 Å². The summed E-state index contributed by atoms with van der Waals surface area (Å²) < 4.78 is 6.81. The van der Waals surface area contributed by atoms with Crippen LogP contribution in [0.2, 0.25) is 0 Å². The lowest BCUT2D eigenvalue weighted by Crippen LogP contribution is -2.03. The standard InChI is InChI=1S/C17H20BrNO/c1-10-11(2)17(20-4)15(12(3)16(10)18)9-13-5-7-14(19)8-6-13/h5-8H,9,19H2,1-4H3. The van der Waals surface area contributed by atoms with Gasteiger partial charge in [0, 0.05) is 22.1 Å². The molecule has 0 radical (unpaired) electrons. The number of anilines is 1. The summed E-state index contributed by atoms with van der Waals surface area (Å²) in [6.45, 7) is 6.35. The first-order chi connectivity index (χ1) is 9.45. The molecule has 0 fully saturated rings. The van der Waals surface area contributed by atoms with Gasteiger partial charge >= 0.3 is 0 Å². The lowest BCUT2D eigenvalue weighted by molar-refractivity contribution is 0.406. The first-order valence-corrected chi connectivity index (χ1v) is 7.41. The van der Waals surface area contributed by atoms with E-state index < -0.39 is 0 Å². The molecule has 0 aliphatic rings. The van der Waals surface area contributed by atoms with Gasteiger partial charge < -0.3 is 10.5 Å². The maximum absolute atomic E-state index is 5.74. The molecule has 2 aromatic carbocycles. The summed E-state index contributed by atoms with van der Waals surface area (Å²) in [7, 11) is 1.74. The Hall–Kier alpha value is -1.48. The molecule has 0 aliphatic carbocycles. The molecule has 0 spiro atoms. The van der Waals surface area contributed by atoms with Gasteiger partial charge in [0.05, 0.1) is 7.11 Å². The van der Waals surface area contributed by atoms with Crippen LogP contribution in [-0.2, 0) is 6.42 Å². The zero-order chi connectivity index (χ0) is 14.9. The Morgan fingerprint density at radius 2 is 1.60 bits per heavy atom. The number of hydrogen-bond donors (Lipinski definition) is 1. The normalized spacial score (nSPS) is 10.7. The number of halogens is 1. The molecule has 2 N–H and O–H groups in total. The van der Waals surface area contributed by atoms with Gasteiger partial charge in [-0.1, -0.05) is 28.1 Å². The minimum atomic E-state index is 0.790. The summed E-state index contributed by atoms with van der Waals surface area (Å²) in [6.07, 6.45) is 0.842. The van der Waals surface area contributed by atoms with Crippen LogP contribution in [0, 0.1) is 20.8 Å². The van der Waals surface area contributed by atoms with Crippen molar-refractivity contribution in [3.63, 3.8) is 0 Å². The Morgan fingerprint density at radius 1 is 1.00 bits per heavy atom. The topological polar surface area (TPSA) is 35.2 Å². The molecule has 0 bridgehead atoms. The molecule has 0 saturated carbocycles. The average Bonchev–Trinajstić information content (AvgIpc) is 2.45. The summed E-state index contributed by atoms with van der Waals surface area (Å²) in [5.74, 6) is 0.986. The van der Waals surface area contributed by atoms with Gasteiger partial charge in [-0.05, 0) is 55.2 Å². The Kier molecular flexibility index (Phi) is 4.39. The summed E-state index contributed by atoms with van der Waals surface area (Å²) in [6, 6.07) is 8.01. The van der Waals surface area contributed by atoms with E-state index >= 15 is 0 Å². The summed E-state index contributed by atoms with van der Waals surface area (Å²) in [5, 5.41) is 0. The number of nitrogens with two attached hydrogens (primary N) is 1. The van der Waals surface area contributed by atoms with Crippen LogP contribution in [0.3, 0.4) is 0 Å². The first kappa shape index (κ1) is 14.9. The van der Waals surface area contributed by atoms with Crippen molar-refractivity contribution < 1.29 is 4.74 Å². The van der Waals surface area contributed by atoms with E-state index in [-0.39, 0.29) is 0 Å². The molecular formula is C17H20BrNO. The van der Waals surface area contributed by atoms with Crippen molar-refractivity contribution in [2.75, 3.05) is 12.8 Å². The van der Waals surface area contributed by atoms with E-state index in [9.17, 15) is 0 Å². The van der Waals surface area contributed by atoms with Crippen LogP contribution in [-0.4, -0.2) is 7.11 Å². The fourth-order valence-electron chi connectivity index (χ4n) is 2.47. The Balaban J connectivity index is 2.53. The van der Waals surface area contributed by atoms with Crippen LogP contribution in [0.1, 0.15) is 27.8 Å². The third-order valence-corrected chi connectivity index (χ3v) is 5.04. The predicted octanol–water partition coefficient (Wildman–Crippen LogP) is 4.56. The minimum Gasteiger partial charge on any atom is -0.496 e. The second kappa shape index (κ2) is 5.88. The Bertz CT molecular complexity index is 633. The second-order valence-electron chi connectivity index (χ2n) is 5.12. The first-order valence-electron chi connectivity index (χ1n) is 6.62. The molecule has 0 aliphatic heterocycles. The third-order valence-electron chi connectivity index (χ3n) is 3.85. The van der Waals surface area contributed by atoms with Crippen molar-refractivity contribution in [2.24, 2.45) is 0 Å². The van der Waals surface area contributed by atoms with Crippen molar-refractivity contribution in [1.82, 2.24) is 0 Å². The van der Waals surface area contributed by atoms with Gasteiger partial charge in [-0.3, -0.25) is 0 Å². The molecule has 2 rings (SSSR count). The molecule has 20 heavy (non-hydrogen) atoms. The van der Waals surface area contributed by atoms with Gasteiger partial charge in [-0.2, -0.15) is 0 Å². The fourth-order valence-corrected chi connectivity index (χ4v) is 3.01. The van der Waals surface area contributed by atoms with Gasteiger partial charge in [-0.25, -0.2) is 0 Å². The SMILES string of the molecule is COc1c(C)c(C)c(Br)c(C)c1Cc1ccc(N)cc1. The van der Waals surface area contributed by atoms with Gasteiger partial charge in [0.2, 0.25) is 0 Å². The molecule has 0 amide bonds. The maximum Gasteiger partial charge on any atom is 0.125 e. The predicted molar refractivity (Wildman–Crippen MR) is 88.6 cm³/mol. The smallest absolute Gasteiger partial charge is 0.125 e. The molecular weight excluding hydrogens is 314 g/mol. The van der Waals surface area contributed by atoms with Gasteiger partial charge in [0.1, 0.15) is 5.75 Å². The molecule has 106 valence electrons. The van der Waals surface area contributed by atoms with Crippen LogP contribution in [0.5, 0.6) is 5.75 Å². The zero-order valence-corrected chi connectivity index (χ0v) is 14.0. The number of rotatable bonds is 3. The van der Waals surface area contributed by atoms with E-state index in [0.717, 1.165) is 17.9 Å². The van der Waals surface area contributed by atoms with Crippen molar-refractivity contribution >= 4 is 21.6 Å². The molecule has 0 heterocycles. The molecule has 0 saturated heterocycles. The second-order valence-corrected chi connectivity index (χ2v) is 5.91. The van der Waals surface area contributed by atoms with Crippen LogP contribution in [0.15, 0.2) is 28.7 Å². The van der Waals surface area contributed by atoms with E-state index in [2.05, 4.69) is 48.8 Å². The summed E-state index contributed by atoms with van der Waals surface area (Å²) in [5.41, 5.74) is 12.7. The number of nitrogen functional groups attached to an aromatic ring is 1. The van der Waals surface area contributed by atoms with Crippen LogP contribution < -0.4 is 10.5 Å². The minimum absolute atomic E-state index is 0.790. The molecule has 0 aromatic heterocycles. The molecule has 0 unspecified atom stereocenters. The highest BCUT2D eigenvalue weighted by atomic mass is 79.9. The van der Waals surface area contributed by atoms with E-state index in [1.54, 1.807) is 7.11 Å². The number of ether oxygens (including phenoxy) is 1. The molecule has 0 atom stereocenters. The molecule has 2 aromatic rings. The highest BCUT2D eigenvalue weighted by Crippen LogP contribution is 2.37. The lowest BCUT2D eigenvalue weighted by Gasteiger charge is -2.19. The highest BCUT2D eigenvalue weighted by Gasteiger charge is 2.16. The Morgan fingerprint density at radius 3 is 2.15 bits per heavy atom. The fraction of sp³-hybridized carbons (Fsp3) is 0.294. The van der Waals surface area contributed by atoms with E-state index in [4.69, 9.17) is 10.5 Å². The quantitative estimate of drug-likeness (QED) is 0.836. The van der Waals surface area contributed by atoms with Crippen molar-refractivity contribution in [1.29, 1.82) is 0 Å². The zero-order valence-electron chi connectivity index (χ0n) is 12.4. The van der Waals surface area contributed by atoms with Gasteiger partial charge in [0.25, 0.3) is 0 Å². The maximum atomic E-state index is 5.74. The molecule has 2 nitrogen and oxygen atoms in total. The van der Waals surface area contributed by atoms with Crippen LogP contribution >= 0.6 is 15.9 Å². The van der Waals surface area contributed by atoms with Crippen molar-refractivity contribution in [2.45, 2.75) is 27.2 Å². The summed E-state index contributed by atoms with van der Waals surface area (Å²) in [4.78, 5) is 0. The number of methoxy groups -OCH3 is 1. The number of benzene rings is 2. The molecule has 3 heteroatoms. The summed E-state index contributed by atoms with van der Waals surface area (Å²) >= 11 is 3.69. The van der Waals surface area contributed by atoms with Gasteiger partial charge in [0.15, 0.2) is 0 Å². The Labute approximate surface area is 129 Å². The highest BCUT2D eigenvalue weighted by molar-refractivity contribution is 9.10. The monoisotopic (exact) mass is 333 g/mol. The lowest BCUT2D eigenvalue weighted by atomic mass is 9.94. The third kappa shape index (κ3) is 2.68. The van der Waals surface area contributed by atoms with E-state index in [1.165, 1.54) is 32.3 Å². The number of hydrogen-bond acceptors (Lipinski definition) is 2. The van der Waals surface area contributed by atoms with Gasteiger partial charge in [-0.15, -0.1) is 0 Å². The van der Waals surface area contributed by atoms with Crippen molar-refractivity contribution in [3.05, 3.63) is 56.6 Å². The van der Waals surface area contributed by atoms with Crippen LogP contribution in [0.25, 0.3) is 0 Å². The largest absolute Gasteiger partial charge is 0.496 e.